The van der Waals surface area contributed by atoms with Crippen molar-refractivity contribution in [2.24, 2.45) is 0 Å². The molecule has 0 heterocycles. The van der Waals surface area contributed by atoms with Crippen molar-refractivity contribution < 1.29 is 14.6 Å². The van der Waals surface area contributed by atoms with E-state index < -0.39 is 0 Å². The quantitative estimate of drug-likeness (QED) is 0.261. The Morgan fingerprint density at radius 3 is 1.79 bits per heavy atom. The summed E-state index contributed by atoms with van der Waals surface area (Å²) in [5.41, 5.74) is 2.20. The lowest BCUT2D eigenvalue weighted by molar-refractivity contribution is 0.0594. The molecule has 3 heteroatoms. The highest BCUT2D eigenvalue weighted by atomic mass is 16.5. The van der Waals surface area contributed by atoms with E-state index in [9.17, 15) is 5.11 Å². The summed E-state index contributed by atoms with van der Waals surface area (Å²) >= 11 is 0. The first-order valence-corrected chi connectivity index (χ1v) is 12.1. The highest BCUT2D eigenvalue weighted by Gasteiger charge is 2.15. The zero-order chi connectivity index (χ0) is 21.3. The molecule has 0 aliphatic rings. The average molecular weight is 407 g/mol. The van der Waals surface area contributed by atoms with Crippen LogP contribution in [0.5, 0.6) is 5.75 Å². The Morgan fingerprint density at radius 2 is 1.24 bits per heavy atom. The lowest BCUT2D eigenvalue weighted by Gasteiger charge is -2.19. The molecule has 0 saturated heterocycles. The number of hydrogen-bond donors (Lipinski definition) is 1. The van der Waals surface area contributed by atoms with Crippen molar-refractivity contribution in [2.45, 2.75) is 117 Å². The second-order valence-electron chi connectivity index (χ2n) is 8.51. The first-order valence-electron chi connectivity index (χ1n) is 12.1. The number of phenols is 1. The van der Waals surface area contributed by atoms with E-state index in [4.69, 9.17) is 9.47 Å². The van der Waals surface area contributed by atoms with E-state index in [2.05, 4.69) is 33.8 Å². The van der Waals surface area contributed by atoms with Crippen LogP contribution < -0.4 is 0 Å². The molecule has 168 valence electrons. The van der Waals surface area contributed by atoms with E-state index in [0.717, 1.165) is 44.5 Å². The molecule has 3 nitrogen and oxygen atoms in total. The number of unbranched alkanes of at least 4 members (excludes halogenated alkanes) is 8. The molecular weight excluding hydrogens is 360 g/mol. The normalized spacial score (nSPS) is 13.5. The van der Waals surface area contributed by atoms with Crippen molar-refractivity contribution in [1.29, 1.82) is 0 Å². The third kappa shape index (κ3) is 12.3. The molecule has 2 atom stereocenters. The summed E-state index contributed by atoms with van der Waals surface area (Å²) in [5, 5.41) is 10.4. The van der Waals surface area contributed by atoms with Crippen molar-refractivity contribution in [3.63, 3.8) is 0 Å². The van der Waals surface area contributed by atoms with Gasteiger partial charge < -0.3 is 14.6 Å². The number of phenolic OH excluding ortho intramolecular Hbond substituents is 1. The molecular formula is C26H46O3. The van der Waals surface area contributed by atoms with Crippen molar-refractivity contribution in [3.8, 4) is 5.75 Å². The molecule has 0 bridgehead atoms. The van der Waals surface area contributed by atoms with Crippen LogP contribution in [0.4, 0.5) is 0 Å². The lowest BCUT2D eigenvalue weighted by atomic mass is 9.97. The molecule has 1 aromatic carbocycles. The molecule has 1 rings (SSSR count). The summed E-state index contributed by atoms with van der Waals surface area (Å²) in [6.45, 7) is 10.4. The third-order valence-corrected chi connectivity index (χ3v) is 5.55. The van der Waals surface area contributed by atoms with Gasteiger partial charge in [-0.05, 0) is 50.3 Å². The van der Waals surface area contributed by atoms with Gasteiger partial charge in [0.1, 0.15) is 5.75 Å². The maximum absolute atomic E-state index is 10.4. The molecule has 1 N–H and O–H groups in total. The molecule has 0 spiro atoms. The molecule has 0 aromatic heterocycles. The molecule has 0 radical (unpaired) electrons. The van der Waals surface area contributed by atoms with Crippen molar-refractivity contribution in [3.05, 3.63) is 29.3 Å². The Labute approximate surface area is 180 Å². The molecule has 0 saturated carbocycles. The SMILES string of the molecule is CCCCCCCOC(C)Cc1cccc(O)c1CC(C)OCCCCCCC. The second-order valence-corrected chi connectivity index (χ2v) is 8.51. The summed E-state index contributed by atoms with van der Waals surface area (Å²) in [7, 11) is 0. The van der Waals surface area contributed by atoms with Gasteiger partial charge in [-0.25, -0.2) is 0 Å². The van der Waals surface area contributed by atoms with Gasteiger partial charge in [-0.3, -0.25) is 0 Å². The summed E-state index contributed by atoms with van der Waals surface area (Å²) in [6.07, 6.45) is 14.4. The Hall–Kier alpha value is -1.06. The number of rotatable bonds is 18. The molecule has 2 unspecified atom stereocenters. The van der Waals surface area contributed by atoms with Crippen molar-refractivity contribution in [1.82, 2.24) is 0 Å². The number of hydrogen-bond acceptors (Lipinski definition) is 3. The standard InChI is InChI=1S/C26H46O3/c1-5-7-9-11-13-18-28-22(3)20-24-16-15-17-26(27)25(24)21-23(4)29-19-14-12-10-8-6-2/h15-17,22-23,27H,5-14,18-21H2,1-4H3. The van der Waals surface area contributed by atoms with Gasteiger partial charge in [0.25, 0.3) is 0 Å². The number of aromatic hydroxyl groups is 1. The largest absolute Gasteiger partial charge is 0.508 e. The Balaban J connectivity index is 2.41. The van der Waals surface area contributed by atoms with Gasteiger partial charge in [0.2, 0.25) is 0 Å². The van der Waals surface area contributed by atoms with E-state index in [0.29, 0.717) is 5.75 Å². The van der Waals surface area contributed by atoms with E-state index in [1.165, 1.54) is 56.9 Å². The van der Waals surface area contributed by atoms with Crippen LogP contribution in [0.2, 0.25) is 0 Å². The molecule has 29 heavy (non-hydrogen) atoms. The predicted octanol–water partition coefficient (Wildman–Crippen LogP) is 7.23. The first-order chi connectivity index (χ1) is 14.1. The van der Waals surface area contributed by atoms with Crippen LogP contribution >= 0.6 is 0 Å². The van der Waals surface area contributed by atoms with Crippen molar-refractivity contribution in [2.75, 3.05) is 13.2 Å². The van der Waals surface area contributed by atoms with E-state index >= 15 is 0 Å². The van der Waals surface area contributed by atoms with E-state index in [1.54, 1.807) is 6.07 Å². The van der Waals surface area contributed by atoms with Crippen LogP contribution in [-0.4, -0.2) is 30.5 Å². The van der Waals surface area contributed by atoms with Gasteiger partial charge in [-0.1, -0.05) is 77.3 Å². The minimum absolute atomic E-state index is 0.114. The predicted molar refractivity (Wildman–Crippen MR) is 124 cm³/mol. The van der Waals surface area contributed by atoms with Gasteiger partial charge in [-0.15, -0.1) is 0 Å². The van der Waals surface area contributed by atoms with E-state index in [1.807, 2.05) is 6.07 Å². The van der Waals surface area contributed by atoms with Gasteiger partial charge in [0, 0.05) is 19.6 Å². The molecule has 0 aliphatic carbocycles. The second kappa shape index (κ2) is 16.7. The minimum Gasteiger partial charge on any atom is -0.508 e. The summed E-state index contributed by atoms with van der Waals surface area (Å²) < 4.78 is 12.0. The zero-order valence-electron chi connectivity index (χ0n) is 19.5. The van der Waals surface area contributed by atoms with E-state index in [-0.39, 0.29) is 12.2 Å². The van der Waals surface area contributed by atoms with Gasteiger partial charge >= 0.3 is 0 Å². The van der Waals surface area contributed by atoms with Crippen LogP contribution in [0.15, 0.2) is 18.2 Å². The minimum atomic E-state index is 0.114. The van der Waals surface area contributed by atoms with Gasteiger partial charge in [0.05, 0.1) is 12.2 Å². The highest BCUT2D eigenvalue weighted by molar-refractivity contribution is 5.40. The van der Waals surface area contributed by atoms with Crippen LogP contribution in [0.1, 0.15) is 103 Å². The maximum Gasteiger partial charge on any atom is 0.119 e. The summed E-state index contributed by atoms with van der Waals surface area (Å²) in [6, 6.07) is 5.84. The third-order valence-electron chi connectivity index (χ3n) is 5.55. The lowest BCUT2D eigenvalue weighted by Crippen LogP contribution is -2.17. The van der Waals surface area contributed by atoms with Crippen molar-refractivity contribution >= 4 is 0 Å². The van der Waals surface area contributed by atoms with Crippen LogP contribution in [0, 0.1) is 0 Å². The highest BCUT2D eigenvalue weighted by Crippen LogP contribution is 2.25. The fourth-order valence-electron chi connectivity index (χ4n) is 3.74. The maximum atomic E-state index is 10.4. The summed E-state index contributed by atoms with van der Waals surface area (Å²) in [4.78, 5) is 0. The topological polar surface area (TPSA) is 38.7 Å². The Bertz CT molecular complexity index is 515. The van der Waals surface area contributed by atoms with Crippen LogP contribution in [-0.2, 0) is 22.3 Å². The van der Waals surface area contributed by atoms with Crippen LogP contribution in [0.25, 0.3) is 0 Å². The molecule has 0 aliphatic heterocycles. The Kier molecular flexibility index (Phi) is 15.0. The number of benzene rings is 1. The number of ether oxygens (including phenoxy) is 2. The Morgan fingerprint density at radius 1 is 0.724 bits per heavy atom. The fraction of sp³-hybridized carbons (Fsp3) is 0.769. The van der Waals surface area contributed by atoms with Gasteiger partial charge in [-0.2, -0.15) is 0 Å². The average Bonchev–Trinajstić information content (AvgIpc) is 2.70. The van der Waals surface area contributed by atoms with Crippen LogP contribution in [0.3, 0.4) is 0 Å². The smallest absolute Gasteiger partial charge is 0.119 e. The summed E-state index contributed by atoms with van der Waals surface area (Å²) in [5.74, 6) is 0.382. The monoisotopic (exact) mass is 406 g/mol. The molecule has 0 fully saturated rings. The molecule has 0 amide bonds. The first kappa shape index (κ1) is 26.0. The fourth-order valence-corrected chi connectivity index (χ4v) is 3.74. The zero-order valence-corrected chi connectivity index (χ0v) is 19.5. The van der Waals surface area contributed by atoms with Gasteiger partial charge in [0.15, 0.2) is 0 Å². The molecule has 1 aromatic rings.